The topological polar surface area (TPSA) is 117 Å². The summed E-state index contributed by atoms with van der Waals surface area (Å²) in [6.45, 7) is 2.35. The molecule has 2 fully saturated rings. The molecule has 2 amide bonds. The molecule has 3 atom stereocenters. The average molecular weight is 771 g/mol. The second-order valence-electron chi connectivity index (χ2n) is 11.0. The first-order valence-electron chi connectivity index (χ1n) is 14.0. The molecule has 2 heterocycles. The summed E-state index contributed by atoms with van der Waals surface area (Å²) >= 11 is 18.4. The van der Waals surface area contributed by atoms with Gasteiger partial charge in [0.15, 0.2) is 0 Å². The number of sulfonamides is 1. The predicted molar refractivity (Wildman–Crippen MR) is 226 cm³/mol. The molecule has 0 aliphatic carbocycles. The predicted octanol–water partition coefficient (Wildman–Crippen LogP) is 10.3. The zero-order valence-electron chi connectivity index (χ0n) is 78.5. The number of rotatable bonds is 12. The zero-order valence-corrected chi connectivity index (χ0v) is 26.5. The Hall–Kier alpha value is -1.92. The summed E-state index contributed by atoms with van der Waals surface area (Å²) in [5.74, 6) is -0.417. The van der Waals surface area contributed by atoms with Crippen LogP contribution in [0.1, 0.15) is 122 Å². The Bertz CT molecular complexity index is 1440. The van der Waals surface area contributed by atoms with Crippen LogP contribution in [0, 0.1) is 5.92 Å². The van der Waals surface area contributed by atoms with Crippen LogP contribution in [-0.2, 0) is 37.5 Å². The number of nitrogens with one attached hydrogen (secondary N) is 3. The summed E-state index contributed by atoms with van der Waals surface area (Å²) in [5, 5.41) is 7.75. The molecule has 0 unspecified atom stereocenters. The van der Waals surface area contributed by atoms with Gasteiger partial charge in [-0.25, -0.2) is 13.1 Å². The minimum atomic E-state index is -3.69. The third-order valence-electron chi connectivity index (χ3n) is 7.68. The van der Waals surface area contributed by atoms with Gasteiger partial charge >= 0.3 is 0 Å². The fourth-order valence-electron chi connectivity index (χ4n) is 5.45. The maximum atomic E-state index is 13.9. The van der Waals surface area contributed by atoms with E-state index in [0.717, 1.165) is 37.8 Å². The van der Waals surface area contributed by atoms with Gasteiger partial charge in [-0.1, -0.05) is 46.9 Å². The van der Waals surface area contributed by atoms with Crippen LogP contribution in [0.3, 0.4) is 0 Å². The van der Waals surface area contributed by atoms with E-state index >= 15 is 0 Å². The molecule has 2 aliphatic heterocycles. The summed E-state index contributed by atoms with van der Waals surface area (Å²) < 4.78 is 33.2. The lowest BCUT2D eigenvalue weighted by Gasteiger charge is -2.30. The molecule has 0 spiro atoms. The number of halogens is 3. The van der Waals surface area contributed by atoms with Gasteiger partial charge in [0.05, 0.1) is 19.0 Å². The molecule has 0 aromatic heterocycles. The first kappa shape index (κ1) is 33.0. The highest BCUT2D eigenvalue weighted by molar-refractivity contribution is 7.88. The number of piperidine rings is 1. The van der Waals surface area contributed by atoms with Crippen molar-refractivity contribution in [3.05, 3.63) is 68.7 Å². The van der Waals surface area contributed by atoms with Crippen molar-refractivity contribution in [2.24, 2.45) is 5.92 Å². The van der Waals surface area contributed by atoms with Crippen molar-refractivity contribution in [1.82, 2.24) is 20.3 Å². The summed E-state index contributed by atoms with van der Waals surface area (Å²) in [4.78, 5) is 28.9. The first-order chi connectivity index (χ1) is 20.0. The standard InChI is InChI=1S/C29H37Cl3N4O5S.55H/c1-42(39,40)35-26(9-4-19-10-12-33-13-11-19)29(38)36-17-24(41-18-20-2-5-22(30)6-3-20)15-27(36)28(37)34-16-21-14-23(31)7-8-25(21)32;;;;;;;;;;;;;;;;;;;;;;;;;;;;;;;;;;;;;;;;;;;;;;;;;;;;;;;/h2-3,5-8,14,19,24,26-27,33,35H,4,9-13,15-18H2,1H3,(H,34,37);;;;;;;;;;;;;;;;;;;;;;;;;;;;;;;;;;;;;;;;;;;;;;;;;;;;;;;/q;55*-1/t24-,26-,27+;;;;;;;;;;;;;;;;;;;;;;;;;;;;;;;;;;;;;;;;;;;;;;;;;;;;;;;/m1......................................................./s1/i;55*1+1. The molecule has 42 heavy (non-hydrogen) atoms. The highest BCUT2D eigenvalue weighted by Gasteiger charge is 2.42. The van der Waals surface area contributed by atoms with E-state index in [1.807, 2.05) is 12.1 Å². The molecule has 0 bridgehead atoms. The van der Waals surface area contributed by atoms with Crippen molar-refractivity contribution in [2.75, 3.05) is 25.9 Å². The number of hydrogen-bond acceptors (Lipinski definition) is 6. The van der Waals surface area contributed by atoms with Gasteiger partial charge in [0.25, 0.3) is 0 Å². The number of carbonyl (C=O) groups excluding carboxylic acids is 2. The van der Waals surface area contributed by atoms with E-state index in [-0.39, 0.29) is 110 Å². The molecule has 2 aromatic rings. The summed E-state index contributed by atoms with van der Waals surface area (Å²) in [7, 11) is -3.69. The zero-order chi connectivity index (χ0) is 30.3. The van der Waals surface area contributed by atoms with Crippen LogP contribution in [0.5, 0.6) is 0 Å². The van der Waals surface area contributed by atoms with Crippen LogP contribution in [0.25, 0.3) is 0 Å². The molecule has 0 radical (unpaired) electrons. The Labute approximate surface area is 344 Å². The van der Waals surface area contributed by atoms with Gasteiger partial charge < -0.3 is 98.7 Å². The molecule has 9 nitrogen and oxygen atoms in total. The smallest absolute Gasteiger partial charge is 0.243 e. The van der Waals surface area contributed by atoms with E-state index in [9.17, 15) is 18.0 Å². The second kappa shape index (κ2) is 15.2. The lowest BCUT2D eigenvalue weighted by Crippen LogP contribution is -2.53. The molecule has 13 heteroatoms. The number of ether oxygens (including phenoxy) is 1. The number of benzene rings is 2. The molecule has 2 aliphatic rings. The van der Waals surface area contributed by atoms with Crippen molar-refractivity contribution < 1.29 is 101 Å². The third kappa shape index (κ3) is 9.80. The Balaban J connectivity index is -0.00000000736. The maximum absolute atomic E-state index is 13.9. The molecular formula is C29H92Cl3N4O5S-55. The van der Waals surface area contributed by atoms with Crippen LogP contribution in [0.2, 0.25) is 15.1 Å². The van der Waals surface area contributed by atoms with E-state index in [1.165, 1.54) is 4.90 Å². The van der Waals surface area contributed by atoms with Crippen LogP contribution in [-0.4, -0.2) is 69.2 Å². The molecule has 0 saturated carbocycles. The van der Waals surface area contributed by atoms with Crippen molar-refractivity contribution in [3.63, 3.8) is 0 Å². The van der Waals surface area contributed by atoms with Gasteiger partial charge in [-0.15, -0.1) is 0 Å². The van der Waals surface area contributed by atoms with Crippen molar-refractivity contribution in [3.8, 4) is 0 Å². The van der Waals surface area contributed by atoms with Crippen molar-refractivity contribution >= 4 is 56.6 Å². The van der Waals surface area contributed by atoms with E-state index in [4.69, 9.17) is 39.5 Å². The normalized spacial score (nSPS) is 20.4. The number of carbonyl (C=O) groups is 2. The lowest BCUT2D eigenvalue weighted by atomic mass is 9.91. The fraction of sp³-hybridized carbons (Fsp3) is 0.517. The third-order valence-corrected chi connectivity index (χ3v) is 9.25. The summed E-state index contributed by atoms with van der Waals surface area (Å²) in [6.07, 6.45) is 3.86. The van der Waals surface area contributed by atoms with E-state index in [1.54, 1.807) is 30.3 Å². The monoisotopic (exact) mass is 769 g/mol. The highest BCUT2D eigenvalue weighted by atomic mass is 35.5. The highest BCUT2D eigenvalue weighted by Crippen LogP contribution is 2.26. The van der Waals surface area contributed by atoms with Gasteiger partial charge in [0, 0.05) is 34.6 Å². The Kier molecular flexibility index (Phi) is 11.9. The first-order valence-corrected chi connectivity index (χ1v) is 17.1. The van der Waals surface area contributed by atoms with Gasteiger partial charge in [0.1, 0.15) is 12.1 Å². The van der Waals surface area contributed by atoms with Gasteiger partial charge in [-0.05, 0) is 86.1 Å². The van der Waals surface area contributed by atoms with Crippen LogP contribution >= 0.6 is 34.8 Å². The quantitative estimate of drug-likeness (QED) is 0.198. The number of likely N-dealkylation sites (tertiary alicyclic amines) is 1. The maximum Gasteiger partial charge on any atom is 0.243 e. The van der Waals surface area contributed by atoms with E-state index < -0.39 is 34.1 Å². The van der Waals surface area contributed by atoms with Gasteiger partial charge in [-0.3, -0.25) is 9.59 Å². The molecule has 4 rings (SSSR count). The van der Waals surface area contributed by atoms with Gasteiger partial charge in [0.2, 0.25) is 21.8 Å². The number of amides is 2. The Morgan fingerprint density at radius 2 is 1.79 bits per heavy atom. The van der Waals surface area contributed by atoms with Crippen LogP contribution in [0.4, 0.5) is 0 Å². The second-order valence-corrected chi connectivity index (χ2v) is 14.0. The SMILES string of the molecule is CS(=O)(=O)N[C@H](CCC1CCNCC1)C(=O)N1C[C@H](OCc2ccc(Cl)cc2)C[C@H]1C(=O)NCc1cc(Cl)ccc1Cl.[2H-].[2H-].[2H-].[2H-].[2H-].[2H-].[2H-].[2H-].[2H-].[2H-].[2H-].[2H-].[2H-].[2H-].[2H-].[2H-].[2H-].[2H-].[2H-].[2H-].[2H-].[2H-].[2H-].[2H-].[2H-].[2H-].[2H-].[2H-].[2H-].[2H-].[2H-].[2H-].[2H-].[2H-].[2H-].[2H-].[2H-].[2H-].[2H-].[2H-].[2H-].[2H-].[2H-].[2H-].[2H-].[2H-].[2H-].[2H-].[2H-].[2H-].[2H-].[2H-].[2H-].[2H-].[2H-]. The molecule has 340 valence electrons. The van der Waals surface area contributed by atoms with Crippen LogP contribution in [0.15, 0.2) is 42.5 Å². The fourth-order valence-corrected chi connectivity index (χ4v) is 6.69. The largest absolute Gasteiger partial charge is 1.00 e. The minimum absolute atomic E-state index is 0. The average Bonchev–Trinajstić information content (AvgIpc) is 3.39. The molecular weight excluding hydrogens is 623 g/mol. The van der Waals surface area contributed by atoms with Crippen molar-refractivity contribution in [1.29, 1.82) is 0 Å². The summed E-state index contributed by atoms with van der Waals surface area (Å²) in [6, 6.07) is 10.4. The van der Waals surface area contributed by atoms with Crippen LogP contribution < -0.4 is 15.4 Å². The Morgan fingerprint density at radius 3 is 2.48 bits per heavy atom. The Morgan fingerprint density at radius 1 is 1.10 bits per heavy atom. The number of hydrogen-bond donors (Lipinski definition) is 3. The minimum Gasteiger partial charge on any atom is -1.00 e. The van der Waals surface area contributed by atoms with Crippen molar-refractivity contribution in [2.45, 2.75) is 63.4 Å². The lowest BCUT2D eigenvalue weighted by molar-refractivity contribution is -0.140. The van der Waals surface area contributed by atoms with Gasteiger partial charge in [-0.2, -0.15) is 0 Å². The van der Waals surface area contributed by atoms with E-state index in [2.05, 4.69) is 15.4 Å². The molecule has 2 saturated heterocycles. The molecule has 2 aromatic carbocycles. The van der Waals surface area contributed by atoms with E-state index in [0.29, 0.717) is 39.4 Å². The molecule has 3 N–H and O–H groups in total. The summed E-state index contributed by atoms with van der Waals surface area (Å²) in [5.41, 5.74) is 1.54. The number of nitrogens with zero attached hydrogens (tertiary/aromatic N) is 1.